The molecule has 0 aromatic carbocycles. The fraction of sp³-hybridized carbons (Fsp3) is 0.571. The molecule has 0 radical (unpaired) electrons. The lowest BCUT2D eigenvalue weighted by atomic mass is 10.2. The van der Waals surface area contributed by atoms with Crippen LogP contribution >= 0.6 is 11.3 Å². The summed E-state index contributed by atoms with van der Waals surface area (Å²) in [4.78, 5) is 24.3. The number of esters is 1. The molecule has 6 heteroatoms. The third-order valence-electron chi connectivity index (χ3n) is 2.26. The van der Waals surface area contributed by atoms with Gasteiger partial charge in [-0.3, -0.25) is 0 Å². The fourth-order valence-corrected chi connectivity index (χ4v) is 2.07. The first-order valence-corrected chi connectivity index (χ1v) is 7.34. The van der Waals surface area contributed by atoms with Gasteiger partial charge in [-0.05, 0) is 39.1 Å². The van der Waals surface area contributed by atoms with Crippen molar-refractivity contribution < 1.29 is 19.1 Å². The van der Waals surface area contributed by atoms with Gasteiger partial charge in [-0.15, -0.1) is 11.3 Å². The van der Waals surface area contributed by atoms with Crippen molar-refractivity contribution in [3.8, 4) is 0 Å². The number of ether oxygens (including phenoxy) is 2. The van der Waals surface area contributed by atoms with Gasteiger partial charge < -0.3 is 14.8 Å². The molecule has 0 fully saturated rings. The lowest BCUT2D eigenvalue weighted by Gasteiger charge is -2.21. The van der Waals surface area contributed by atoms with Crippen LogP contribution in [0, 0.1) is 0 Å². The third kappa shape index (κ3) is 6.56. The minimum absolute atomic E-state index is 0.305. The minimum atomic E-state index is -0.729. The molecular weight excluding hydrogens is 278 g/mol. The highest BCUT2D eigenvalue weighted by atomic mass is 32.1. The maximum atomic E-state index is 11.7. The topological polar surface area (TPSA) is 64.6 Å². The molecule has 112 valence electrons. The van der Waals surface area contributed by atoms with Gasteiger partial charge in [0.1, 0.15) is 11.6 Å². The first kappa shape index (κ1) is 16.5. The van der Waals surface area contributed by atoms with Crippen molar-refractivity contribution in [3.05, 3.63) is 22.4 Å². The van der Waals surface area contributed by atoms with Crippen LogP contribution in [0.1, 0.15) is 32.6 Å². The molecule has 1 rings (SSSR count). The molecule has 1 N–H and O–H groups in total. The normalized spacial score (nSPS) is 12.6. The zero-order valence-corrected chi connectivity index (χ0v) is 13.1. The Labute approximate surface area is 123 Å². The van der Waals surface area contributed by atoms with Crippen molar-refractivity contribution in [1.82, 2.24) is 5.32 Å². The van der Waals surface area contributed by atoms with Gasteiger partial charge in [0.05, 0.1) is 6.61 Å². The summed E-state index contributed by atoms with van der Waals surface area (Å²) in [6, 6.07) is 3.21. The van der Waals surface area contributed by atoms with E-state index in [2.05, 4.69) is 5.32 Å². The molecule has 0 bridgehead atoms. The molecule has 1 aromatic rings. The summed E-state index contributed by atoms with van der Waals surface area (Å²) >= 11 is 1.62. The predicted molar refractivity (Wildman–Crippen MR) is 77.8 cm³/mol. The Morgan fingerprint density at radius 1 is 1.40 bits per heavy atom. The average Bonchev–Trinajstić information content (AvgIpc) is 2.78. The van der Waals surface area contributed by atoms with Gasteiger partial charge >= 0.3 is 12.1 Å². The lowest BCUT2D eigenvalue weighted by molar-refractivity contribution is -0.145. The second-order valence-corrected chi connectivity index (χ2v) is 6.40. The second kappa shape index (κ2) is 7.28. The Kier molecular flexibility index (Phi) is 6.01. The van der Waals surface area contributed by atoms with Crippen LogP contribution in [0.3, 0.4) is 0 Å². The van der Waals surface area contributed by atoms with Gasteiger partial charge in [0.15, 0.2) is 0 Å². The molecule has 1 heterocycles. The van der Waals surface area contributed by atoms with Gasteiger partial charge in [-0.2, -0.15) is 0 Å². The summed E-state index contributed by atoms with van der Waals surface area (Å²) in [7, 11) is 0. The Morgan fingerprint density at radius 2 is 2.10 bits per heavy atom. The van der Waals surface area contributed by atoms with Crippen molar-refractivity contribution in [2.24, 2.45) is 0 Å². The Hall–Kier alpha value is -1.56. The van der Waals surface area contributed by atoms with E-state index in [1.165, 1.54) is 0 Å². The molecule has 1 atom stereocenters. The highest BCUT2D eigenvalue weighted by Gasteiger charge is 2.21. The molecular formula is C14H21NO4S. The Balaban J connectivity index is 2.26. The predicted octanol–water partition coefficient (Wildman–Crippen LogP) is 2.75. The van der Waals surface area contributed by atoms with Crippen LogP contribution in [0.15, 0.2) is 17.5 Å². The molecule has 0 spiro atoms. The van der Waals surface area contributed by atoms with Crippen molar-refractivity contribution in [2.45, 2.75) is 45.8 Å². The van der Waals surface area contributed by atoms with E-state index < -0.39 is 23.7 Å². The molecule has 0 aliphatic heterocycles. The number of thiophene rings is 1. The number of amides is 1. The van der Waals surface area contributed by atoms with Crippen molar-refractivity contribution in [1.29, 1.82) is 0 Å². The first-order valence-electron chi connectivity index (χ1n) is 6.46. The van der Waals surface area contributed by atoms with E-state index in [0.29, 0.717) is 13.0 Å². The summed E-state index contributed by atoms with van der Waals surface area (Å²) in [5.74, 6) is -0.465. The highest BCUT2D eigenvalue weighted by molar-refractivity contribution is 7.09. The summed E-state index contributed by atoms with van der Waals surface area (Å²) < 4.78 is 10.2. The fourth-order valence-electron chi connectivity index (χ4n) is 1.38. The molecule has 0 saturated heterocycles. The van der Waals surface area contributed by atoms with Gasteiger partial charge in [0.25, 0.3) is 0 Å². The van der Waals surface area contributed by atoms with Crippen LogP contribution in [0.25, 0.3) is 0 Å². The van der Waals surface area contributed by atoms with E-state index in [9.17, 15) is 9.59 Å². The molecule has 20 heavy (non-hydrogen) atoms. The molecule has 1 amide bonds. The SMILES string of the molecule is CC(NC(=O)OC(C)(C)C)C(=O)OCCc1cccs1. The van der Waals surface area contributed by atoms with Crippen LogP contribution < -0.4 is 5.32 Å². The van der Waals surface area contributed by atoms with Gasteiger partial charge in [0.2, 0.25) is 0 Å². The number of hydrogen-bond acceptors (Lipinski definition) is 5. The molecule has 0 saturated carbocycles. The number of nitrogens with one attached hydrogen (secondary N) is 1. The van der Waals surface area contributed by atoms with Crippen molar-refractivity contribution in [2.75, 3.05) is 6.61 Å². The number of hydrogen-bond donors (Lipinski definition) is 1. The molecule has 1 unspecified atom stereocenters. The minimum Gasteiger partial charge on any atom is -0.464 e. The third-order valence-corrected chi connectivity index (χ3v) is 3.20. The lowest BCUT2D eigenvalue weighted by Crippen LogP contribution is -2.42. The Bertz CT molecular complexity index is 437. The molecule has 1 aromatic heterocycles. The summed E-state index contributed by atoms with van der Waals surface area (Å²) in [6.07, 6.45) is 0.0583. The first-order chi connectivity index (χ1) is 9.28. The average molecular weight is 299 g/mol. The Morgan fingerprint density at radius 3 is 2.65 bits per heavy atom. The quantitative estimate of drug-likeness (QED) is 0.849. The van der Waals surface area contributed by atoms with Crippen LogP contribution in [0.4, 0.5) is 4.79 Å². The van der Waals surface area contributed by atoms with Gasteiger partial charge in [-0.25, -0.2) is 9.59 Å². The van der Waals surface area contributed by atoms with Gasteiger partial charge in [0, 0.05) is 11.3 Å². The molecule has 0 aliphatic carbocycles. The zero-order valence-electron chi connectivity index (χ0n) is 12.3. The van der Waals surface area contributed by atoms with Crippen molar-refractivity contribution >= 4 is 23.4 Å². The highest BCUT2D eigenvalue weighted by Crippen LogP contribution is 2.09. The van der Waals surface area contributed by atoms with E-state index in [1.54, 1.807) is 39.0 Å². The number of carbonyl (C=O) groups excluding carboxylic acids is 2. The molecule has 0 aliphatic rings. The maximum absolute atomic E-state index is 11.7. The van der Waals surface area contributed by atoms with Crippen LogP contribution in [-0.2, 0) is 20.7 Å². The summed E-state index contributed by atoms with van der Waals surface area (Å²) in [5.41, 5.74) is -0.590. The van der Waals surface area contributed by atoms with Crippen LogP contribution in [0.5, 0.6) is 0 Å². The summed E-state index contributed by atoms with van der Waals surface area (Å²) in [5, 5.41) is 4.42. The standard InChI is InChI=1S/C14H21NO4S/c1-10(15-13(17)19-14(2,3)4)12(16)18-8-7-11-6-5-9-20-11/h5-6,9-10H,7-8H2,1-4H3,(H,15,17). The zero-order chi connectivity index (χ0) is 15.2. The molecule has 5 nitrogen and oxygen atoms in total. The summed E-state index contributed by atoms with van der Waals surface area (Å²) in [6.45, 7) is 7.15. The smallest absolute Gasteiger partial charge is 0.408 e. The number of carbonyl (C=O) groups is 2. The maximum Gasteiger partial charge on any atom is 0.408 e. The second-order valence-electron chi connectivity index (χ2n) is 5.36. The van der Waals surface area contributed by atoms with Crippen LogP contribution in [-0.4, -0.2) is 30.3 Å². The van der Waals surface area contributed by atoms with E-state index in [0.717, 1.165) is 4.88 Å². The van der Waals surface area contributed by atoms with Crippen molar-refractivity contribution in [3.63, 3.8) is 0 Å². The number of rotatable bonds is 5. The number of alkyl carbamates (subject to hydrolysis) is 1. The van der Waals surface area contributed by atoms with E-state index in [4.69, 9.17) is 9.47 Å². The van der Waals surface area contributed by atoms with Crippen LogP contribution in [0.2, 0.25) is 0 Å². The van der Waals surface area contributed by atoms with Gasteiger partial charge in [-0.1, -0.05) is 6.07 Å². The van der Waals surface area contributed by atoms with E-state index in [1.807, 2.05) is 17.5 Å². The van der Waals surface area contributed by atoms with E-state index in [-0.39, 0.29) is 0 Å². The monoisotopic (exact) mass is 299 g/mol. The largest absolute Gasteiger partial charge is 0.464 e. The van der Waals surface area contributed by atoms with E-state index >= 15 is 0 Å².